The van der Waals surface area contributed by atoms with E-state index >= 15 is 0 Å². The van der Waals surface area contributed by atoms with Gasteiger partial charge in [0.2, 0.25) is 5.52 Å². The number of methoxy groups -OCH3 is 3. The third kappa shape index (κ3) is 9.54. The number of carbonyl (C=O) groups excluding carboxylic acids is 1. The molecule has 5 nitrogen and oxygen atoms in total. The van der Waals surface area contributed by atoms with Crippen LogP contribution in [-0.2, 0) is 11.0 Å². The van der Waals surface area contributed by atoms with Gasteiger partial charge in [-0.2, -0.15) is 0 Å². The second-order valence-electron chi connectivity index (χ2n) is 8.68. The van der Waals surface area contributed by atoms with Crippen molar-refractivity contribution in [2.45, 2.75) is 70.6 Å². The number of aryl methyl sites for hydroxylation is 1. The summed E-state index contributed by atoms with van der Waals surface area (Å²) < 4.78 is 28.6. The number of hydrogen-bond acceptors (Lipinski definition) is 5. The van der Waals surface area contributed by atoms with Gasteiger partial charge in [0.05, 0.1) is 21.3 Å². The van der Waals surface area contributed by atoms with Gasteiger partial charge in [0.1, 0.15) is 30.6 Å². The minimum absolute atomic E-state index is 0.249. The van der Waals surface area contributed by atoms with Crippen LogP contribution in [0.1, 0.15) is 80.1 Å². The Bertz CT molecular complexity index is 857. The van der Waals surface area contributed by atoms with Crippen molar-refractivity contribution in [2.24, 2.45) is 0 Å². The van der Waals surface area contributed by atoms with Crippen molar-refractivity contribution in [3.63, 3.8) is 0 Å². The first-order chi connectivity index (χ1) is 16.6. The van der Waals surface area contributed by atoms with E-state index in [1.165, 1.54) is 78.3 Å². The Balaban J connectivity index is 1.56. The Morgan fingerprint density at radius 1 is 0.706 bits per heavy atom. The summed E-state index contributed by atoms with van der Waals surface area (Å²) in [5.74, 6) is 1.19. The smallest absolute Gasteiger partial charge is 0.225 e. The maximum atomic E-state index is 12.8. The second kappa shape index (κ2) is 16.4. The summed E-state index contributed by atoms with van der Waals surface area (Å²) in [6.07, 6.45) is 13.5. The first-order valence-electron chi connectivity index (χ1n) is 12.5. The van der Waals surface area contributed by atoms with Gasteiger partial charge in [0.25, 0.3) is 0 Å². The lowest BCUT2D eigenvalue weighted by molar-refractivity contribution is 0.107. The molecule has 1 unspecified atom stereocenters. The van der Waals surface area contributed by atoms with Gasteiger partial charge < -0.3 is 18.8 Å². The minimum atomic E-state index is -2.42. The van der Waals surface area contributed by atoms with Crippen molar-refractivity contribution in [3.8, 4) is 17.2 Å². The number of unbranched alkanes of at least 4 members (excludes halogenated alkanes) is 9. The highest BCUT2D eigenvalue weighted by Gasteiger charge is 2.24. The van der Waals surface area contributed by atoms with Crippen molar-refractivity contribution >= 4 is 13.3 Å². The molecule has 0 N–H and O–H groups in total. The molecule has 6 heteroatoms. The molecule has 0 radical (unpaired) electrons. The molecule has 0 aromatic heterocycles. The van der Waals surface area contributed by atoms with E-state index in [1.54, 1.807) is 12.1 Å². The molecule has 0 saturated heterocycles. The van der Waals surface area contributed by atoms with E-state index < -0.39 is 7.80 Å². The Hall–Kier alpha value is -2.26. The fourth-order valence-electron chi connectivity index (χ4n) is 4.16. The van der Waals surface area contributed by atoms with E-state index in [-0.39, 0.29) is 11.1 Å². The summed E-state index contributed by atoms with van der Waals surface area (Å²) >= 11 is 0. The minimum Gasteiger partial charge on any atom is -0.496 e. The molecular formula is C28H41O5P. The van der Waals surface area contributed by atoms with Gasteiger partial charge in [0.15, 0.2) is 0 Å². The van der Waals surface area contributed by atoms with Crippen LogP contribution in [0.2, 0.25) is 0 Å². The summed E-state index contributed by atoms with van der Waals surface area (Å²) in [4.78, 5) is 12.8. The van der Waals surface area contributed by atoms with Gasteiger partial charge in [-0.05, 0) is 24.8 Å². The fourth-order valence-corrected chi connectivity index (χ4v) is 5.48. The molecule has 2 aromatic carbocycles. The van der Waals surface area contributed by atoms with Crippen LogP contribution in [-0.4, -0.2) is 33.0 Å². The second-order valence-corrected chi connectivity index (χ2v) is 10.5. The molecule has 2 aromatic rings. The molecule has 0 fully saturated rings. The molecule has 0 amide bonds. The maximum absolute atomic E-state index is 12.8. The van der Waals surface area contributed by atoms with E-state index in [4.69, 9.17) is 14.2 Å². The number of hydrogen-bond donors (Lipinski definition) is 0. The number of ether oxygens (including phenoxy) is 3. The summed E-state index contributed by atoms with van der Waals surface area (Å²) in [6, 6.07) is 13.9. The first-order valence-corrected chi connectivity index (χ1v) is 14.1. The third-order valence-corrected chi connectivity index (χ3v) is 7.72. The topological polar surface area (TPSA) is 61.8 Å². The summed E-state index contributed by atoms with van der Waals surface area (Å²) in [7, 11) is 2.07. The highest BCUT2D eigenvalue weighted by atomic mass is 31.1. The van der Waals surface area contributed by atoms with Crippen molar-refractivity contribution in [1.82, 2.24) is 0 Å². The van der Waals surface area contributed by atoms with Crippen molar-refractivity contribution in [3.05, 3.63) is 53.6 Å². The van der Waals surface area contributed by atoms with Gasteiger partial charge in [-0.25, -0.2) is 0 Å². The van der Waals surface area contributed by atoms with E-state index in [0.29, 0.717) is 23.4 Å². The monoisotopic (exact) mass is 488 g/mol. The molecule has 1 atom stereocenters. The molecule has 0 spiro atoms. The maximum Gasteiger partial charge on any atom is 0.225 e. The normalized spacial score (nSPS) is 11.7. The molecule has 0 aliphatic heterocycles. The molecule has 188 valence electrons. The zero-order chi connectivity index (χ0) is 24.6. The predicted molar refractivity (Wildman–Crippen MR) is 141 cm³/mol. The van der Waals surface area contributed by atoms with E-state index in [9.17, 15) is 9.36 Å². The summed E-state index contributed by atoms with van der Waals surface area (Å²) in [6.45, 7) is 0. The SMILES string of the molecule is COc1cc(OC)c(C(=O)[PH](=O)CCCCCCCCCCCCc2ccccc2)c(OC)c1. The number of benzene rings is 2. The van der Waals surface area contributed by atoms with Crippen LogP contribution in [0, 0.1) is 0 Å². The Morgan fingerprint density at radius 2 is 1.21 bits per heavy atom. The van der Waals surface area contributed by atoms with Crippen molar-refractivity contribution < 1.29 is 23.6 Å². The van der Waals surface area contributed by atoms with E-state index in [1.807, 2.05) is 0 Å². The fraction of sp³-hybridized carbons (Fsp3) is 0.536. The van der Waals surface area contributed by atoms with Gasteiger partial charge >= 0.3 is 0 Å². The van der Waals surface area contributed by atoms with Crippen LogP contribution in [0.4, 0.5) is 0 Å². The average Bonchev–Trinajstić information content (AvgIpc) is 2.88. The van der Waals surface area contributed by atoms with Gasteiger partial charge in [-0.1, -0.05) is 81.7 Å². The quantitative estimate of drug-likeness (QED) is 0.160. The lowest BCUT2D eigenvalue weighted by atomic mass is 10.0. The van der Waals surface area contributed by atoms with E-state index in [2.05, 4.69) is 30.3 Å². The average molecular weight is 489 g/mol. The predicted octanol–water partition coefficient (Wildman–Crippen LogP) is 7.56. The molecule has 0 saturated carbocycles. The van der Waals surface area contributed by atoms with Gasteiger partial charge in [-0.15, -0.1) is 0 Å². The molecule has 0 heterocycles. The van der Waals surface area contributed by atoms with Crippen molar-refractivity contribution in [2.75, 3.05) is 27.5 Å². The van der Waals surface area contributed by atoms with Crippen LogP contribution in [0.5, 0.6) is 17.2 Å². The van der Waals surface area contributed by atoms with E-state index in [0.717, 1.165) is 19.3 Å². The zero-order valence-corrected chi connectivity index (χ0v) is 22.1. The van der Waals surface area contributed by atoms with Gasteiger partial charge in [0, 0.05) is 18.3 Å². The summed E-state index contributed by atoms with van der Waals surface area (Å²) in [5.41, 5.74) is 1.31. The standard InChI is InChI=1S/C28H41O5P/c1-31-24-21-25(32-2)27(26(22-24)33-3)28(29)34(30)20-16-11-9-7-5-4-6-8-10-13-17-23-18-14-12-15-19-23/h12,14-15,18-19,21-22,34H,4-11,13,16-17,20H2,1-3H3. The van der Waals surface area contributed by atoms with Crippen LogP contribution >= 0.6 is 7.80 Å². The molecular weight excluding hydrogens is 447 g/mol. The number of rotatable bonds is 18. The summed E-state index contributed by atoms with van der Waals surface area (Å²) in [5, 5.41) is 0. The highest BCUT2D eigenvalue weighted by Crippen LogP contribution is 2.40. The highest BCUT2D eigenvalue weighted by molar-refractivity contribution is 7.64. The van der Waals surface area contributed by atoms with Crippen molar-refractivity contribution in [1.29, 1.82) is 0 Å². The van der Waals surface area contributed by atoms with Crippen LogP contribution in [0.3, 0.4) is 0 Å². The lowest BCUT2D eigenvalue weighted by Gasteiger charge is -2.14. The van der Waals surface area contributed by atoms with Crippen LogP contribution in [0.15, 0.2) is 42.5 Å². The molecule has 0 bridgehead atoms. The third-order valence-electron chi connectivity index (χ3n) is 6.16. The molecule has 34 heavy (non-hydrogen) atoms. The Morgan fingerprint density at radius 3 is 1.71 bits per heavy atom. The van der Waals surface area contributed by atoms with Gasteiger partial charge in [-0.3, -0.25) is 4.79 Å². The van der Waals surface area contributed by atoms with Crippen LogP contribution in [0.25, 0.3) is 0 Å². The number of carbonyl (C=O) groups is 1. The Labute approximate surface area is 206 Å². The molecule has 0 aliphatic carbocycles. The molecule has 0 aliphatic rings. The van der Waals surface area contributed by atoms with Crippen LogP contribution < -0.4 is 14.2 Å². The first kappa shape index (κ1) is 28.0. The Kier molecular flexibility index (Phi) is 13.5. The zero-order valence-electron chi connectivity index (χ0n) is 21.1. The largest absolute Gasteiger partial charge is 0.496 e. The lowest BCUT2D eigenvalue weighted by Crippen LogP contribution is -2.04. The molecule has 2 rings (SSSR count).